The highest BCUT2D eigenvalue weighted by Crippen LogP contribution is 1.96. The van der Waals surface area contributed by atoms with Crippen molar-refractivity contribution < 1.29 is 0 Å². The summed E-state index contributed by atoms with van der Waals surface area (Å²) < 4.78 is 1.92. The molecule has 0 fully saturated rings. The first-order valence-corrected chi connectivity index (χ1v) is 5.73. The summed E-state index contributed by atoms with van der Waals surface area (Å²) in [6, 6.07) is 4.21. The fourth-order valence-electron chi connectivity index (χ4n) is 1.64. The van der Waals surface area contributed by atoms with Gasteiger partial charge in [-0.15, -0.1) is 0 Å². The summed E-state index contributed by atoms with van der Waals surface area (Å²) in [6.07, 6.45) is 5.55. The number of nitrogens with one attached hydrogen (secondary N) is 1. The van der Waals surface area contributed by atoms with Crippen molar-refractivity contribution in [2.24, 2.45) is 0 Å². The Morgan fingerprint density at radius 2 is 2.29 bits per heavy atom. The molecule has 0 amide bonds. The molecular formula is C12H17N5. The number of aromatic nitrogens is 4. The molecular weight excluding hydrogens is 214 g/mol. The van der Waals surface area contributed by atoms with Crippen molar-refractivity contribution in [3.63, 3.8) is 0 Å². The van der Waals surface area contributed by atoms with Gasteiger partial charge in [0.25, 0.3) is 0 Å². The van der Waals surface area contributed by atoms with E-state index in [1.807, 2.05) is 29.9 Å². The van der Waals surface area contributed by atoms with Crippen LogP contribution in [0.4, 0.5) is 0 Å². The Morgan fingerprint density at radius 3 is 3.00 bits per heavy atom. The Kier molecular flexibility index (Phi) is 3.82. The number of hydrogen-bond donors (Lipinski definition) is 1. The molecule has 17 heavy (non-hydrogen) atoms. The second-order valence-electron chi connectivity index (χ2n) is 4.11. The first kappa shape index (κ1) is 11.7. The van der Waals surface area contributed by atoms with Crippen LogP contribution in [0.25, 0.3) is 0 Å². The molecule has 0 saturated carbocycles. The highest BCUT2D eigenvalue weighted by atomic mass is 15.3. The van der Waals surface area contributed by atoms with Gasteiger partial charge in [-0.05, 0) is 26.0 Å². The third kappa shape index (κ3) is 3.64. The molecule has 0 saturated heterocycles. The van der Waals surface area contributed by atoms with E-state index in [4.69, 9.17) is 0 Å². The van der Waals surface area contributed by atoms with Gasteiger partial charge < -0.3 is 5.32 Å². The van der Waals surface area contributed by atoms with Gasteiger partial charge in [-0.1, -0.05) is 0 Å². The van der Waals surface area contributed by atoms with E-state index in [0.717, 1.165) is 24.6 Å². The second-order valence-corrected chi connectivity index (χ2v) is 4.11. The van der Waals surface area contributed by atoms with E-state index < -0.39 is 0 Å². The van der Waals surface area contributed by atoms with E-state index in [-0.39, 0.29) is 0 Å². The minimum atomic E-state index is 0.352. The van der Waals surface area contributed by atoms with Gasteiger partial charge in [0.05, 0.1) is 12.2 Å². The van der Waals surface area contributed by atoms with Crippen molar-refractivity contribution in [2.45, 2.75) is 33.0 Å². The molecule has 0 radical (unpaired) electrons. The molecule has 2 heterocycles. The van der Waals surface area contributed by atoms with Gasteiger partial charge in [-0.25, -0.2) is 9.97 Å². The first-order chi connectivity index (χ1) is 8.24. The molecule has 0 aromatic carbocycles. The summed E-state index contributed by atoms with van der Waals surface area (Å²) in [4.78, 5) is 8.42. The lowest BCUT2D eigenvalue weighted by Gasteiger charge is -2.13. The van der Waals surface area contributed by atoms with Crippen LogP contribution >= 0.6 is 0 Å². The summed E-state index contributed by atoms with van der Waals surface area (Å²) in [6.45, 7) is 5.65. The SMILES string of the molecule is Cc1nccc(CNC(C)Cn2cccn2)n1. The molecule has 1 unspecified atom stereocenters. The highest BCUT2D eigenvalue weighted by molar-refractivity contribution is 5.01. The van der Waals surface area contributed by atoms with Gasteiger partial charge >= 0.3 is 0 Å². The van der Waals surface area contributed by atoms with Gasteiger partial charge in [0.1, 0.15) is 5.82 Å². The fraction of sp³-hybridized carbons (Fsp3) is 0.417. The molecule has 0 spiro atoms. The van der Waals surface area contributed by atoms with Crippen molar-refractivity contribution in [1.82, 2.24) is 25.1 Å². The van der Waals surface area contributed by atoms with E-state index in [1.54, 1.807) is 12.4 Å². The van der Waals surface area contributed by atoms with E-state index in [1.165, 1.54) is 0 Å². The second kappa shape index (κ2) is 5.54. The molecule has 2 rings (SSSR count). The largest absolute Gasteiger partial charge is 0.307 e. The Hall–Kier alpha value is -1.75. The Labute approximate surface area is 101 Å². The molecule has 5 nitrogen and oxygen atoms in total. The lowest BCUT2D eigenvalue weighted by Crippen LogP contribution is -2.30. The van der Waals surface area contributed by atoms with Crippen LogP contribution in [0.3, 0.4) is 0 Å². The van der Waals surface area contributed by atoms with E-state index in [0.29, 0.717) is 6.04 Å². The number of nitrogens with zero attached hydrogens (tertiary/aromatic N) is 4. The normalized spacial score (nSPS) is 12.6. The molecule has 2 aromatic rings. The Balaban J connectivity index is 1.82. The minimum absolute atomic E-state index is 0.352. The van der Waals surface area contributed by atoms with Gasteiger partial charge in [0.2, 0.25) is 0 Å². The van der Waals surface area contributed by atoms with Gasteiger partial charge in [0.15, 0.2) is 0 Å². The van der Waals surface area contributed by atoms with E-state index in [2.05, 4.69) is 27.3 Å². The lowest BCUT2D eigenvalue weighted by molar-refractivity contribution is 0.448. The smallest absolute Gasteiger partial charge is 0.125 e. The van der Waals surface area contributed by atoms with E-state index in [9.17, 15) is 0 Å². The molecule has 0 aliphatic heterocycles. The molecule has 90 valence electrons. The van der Waals surface area contributed by atoms with Crippen LogP contribution in [0, 0.1) is 6.92 Å². The highest BCUT2D eigenvalue weighted by Gasteiger charge is 2.03. The molecule has 0 aliphatic rings. The summed E-state index contributed by atoms with van der Waals surface area (Å²) in [5, 5.41) is 7.59. The molecule has 0 aliphatic carbocycles. The van der Waals surface area contributed by atoms with Crippen LogP contribution in [0.2, 0.25) is 0 Å². The van der Waals surface area contributed by atoms with Crippen LogP contribution in [0.1, 0.15) is 18.4 Å². The third-order valence-corrected chi connectivity index (χ3v) is 2.49. The van der Waals surface area contributed by atoms with Crippen molar-refractivity contribution in [3.05, 3.63) is 42.2 Å². The Bertz CT molecular complexity index is 452. The fourth-order valence-corrected chi connectivity index (χ4v) is 1.64. The average molecular weight is 231 g/mol. The van der Waals surface area contributed by atoms with Crippen LogP contribution < -0.4 is 5.32 Å². The summed E-state index contributed by atoms with van der Waals surface area (Å²) in [5.74, 6) is 0.809. The van der Waals surface area contributed by atoms with Crippen LogP contribution in [-0.4, -0.2) is 25.8 Å². The third-order valence-electron chi connectivity index (χ3n) is 2.49. The van der Waals surface area contributed by atoms with Crippen molar-refractivity contribution >= 4 is 0 Å². The van der Waals surface area contributed by atoms with Crippen molar-refractivity contribution in [2.75, 3.05) is 0 Å². The maximum absolute atomic E-state index is 4.35. The molecule has 5 heteroatoms. The minimum Gasteiger partial charge on any atom is -0.307 e. The topological polar surface area (TPSA) is 55.6 Å². The molecule has 1 atom stereocenters. The number of aryl methyl sites for hydroxylation is 1. The molecule has 2 aromatic heterocycles. The molecule has 1 N–H and O–H groups in total. The van der Waals surface area contributed by atoms with Crippen molar-refractivity contribution in [1.29, 1.82) is 0 Å². The van der Waals surface area contributed by atoms with Gasteiger partial charge in [-0.3, -0.25) is 4.68 Å². The zero-order valence-electron chi connectivity index (χ0n) is 10.2. The van der Waals surface area contributed by atoms with Crippen LogP contribution in [-0.2, 0) is 13.1 Å². The Morgan fingerprint density at radius 1 is 1.41 bits per heavy atom. The van der Waals surface area contributed by atoms with Crippen molar-refractivity contribution in [3.8, 4) is 0 Å². The first-order valence-electron chi connectivity index (χ1n) is 5.73. The zero-order chi connectivity index (χ0) is 12.1. The monoisotopic (exact) mass is 231 g/mol. The van der Waals surface area contributed by atoms with Crippen LogP contribution in [0.5, 0.6) is 0 Å². The maximum Gasteiger partial charge on any atom is 0.125 e. The predicted molar refractivity (Wildman–Crippen MR) is 65.3 cm³/mol. The number of hydrogen-bond acceptors (Lipinski definition) is 4. The van der Waals surface area contributed by atoms with Gasteiger partial charge in [0, 0.05) is 31.2 Å². The molecule has 0 bridgehead atoms. The van der Waals surface area contributed by atoms with Gasteiger partial charge in [-0.2, -0.15) is 5.10 Å². The summed E-state index contributed by atoms with van der Waals surface area (Å²) in [5.41, 5.74) is 1.02. The quantitative estimate of drug-likeness (QED) is 0.839. The number of rotatable bonds is 5. The maximum atomic E-state index is 4.35. The summed E-state index contributed by atoms with van der Waals surface area (Å²) >= 11 is 0. The predicted octanol–water partition coefficient (Wildman–Crippen LogP) is 1.16. The van der Waals surface area contributed by atoms with Crippen LogP contribution in [0.15, 0.2) is 30.7 Å². The lowest BCUT2D eigenvalue weighted by atomic mass is 10.3. The zero-order valence-corrected chi connectivity index (χ0v) is 10.2. The summed E-state index contributed by atoms with van der Waals surface area (Å²) in [7, 11) is 0. The average Bonchev–Trinajstić information content (AvgIpc) is 2.79. The van der Waals surface area contributed by atoms with E-state index >= 15 is 0 Å². The standard InChI is InChI=1S/C12H17N5/c1-10(9-17-7-3-5-15-17)14-8-12-4-6-13-11(2)16-12/h3-7,10,14H,8-9H2,1-2H3.